The second kappa shape index (κ2) is 11.6. The summed E-state index contributed by atoms with van der Waals surface area (Å²) < 4.78 is 5.24. The maximum absolute atomic E-state index is 14.2. The molecule has 0 unspecified atom stereocenters. The van der Waals surface area contributed by atoms with Crippen LogP contribution in [0.4, 0.5) is 0 Å². The third-order valence-corrected chi connectivity index (χ3v) is 6.44. The van der Waals surface area contributed by atoms with Crippen molar-refractivity contribution in [3.63, 3.8) is 0 Å². The average molecular weight is 514 g/mol. The summed E-state index contributed by atoms with van der Waals surface area (Å²) in [4.78, 5) is 44.6. The molecule has 5 rings (SSSR count). The van der Waals surface area contributed by atoms with Gasteiger partial charge in [-0.2, -0.15) is 0 Å². The summed E-state index contributed by atoms with van der Waals surface area (Å²) in [5, 5.41) is 0.822. The molecule has 0 spiro atoms. The number of hydrogen-bond donors (Lipinski definition) is 1. The zero-order valence-corrected chi connectivity index (χ0v) is 21.5. The van der Waals surface area contributed by atoms with Gasteiger partial charge < -0.3 is 9.72 Å². The topological polar surface area (TPSA) is 76.2 Å². The summed E-state index contributed by atoms with van der Waals surface area (Å²) in [6, 6.07) is 35.2. The second-order valence-electron chi connectivity index (χ2n) is 9.06. The average Bonchev–Trinajstić information content (AvgIpc) is 3.38. The van der Waals surface area contributed by atoms with Crippen LogP contribution in [0.25, 0.3) is 27.7 Å². The van der Waals surface area contributed by atoms with Crippen LogP contribution in [0.5, 0.6) is 0 Å². The number of carbonyl (C=O) groups excluding carboxylic acids is 3. The second-order valence-corrected chi connectivity index (χ2v) is 9.06. The number of Topliss-reactive ketones (excluding diaryl/α,β-unsaturated/α-hetero) is 2. The largest absolute Gasteiger partial charge is 0.460 e. The van der Waals surface area contributed by atoms with E-state index in [9.17, 15) is 14.4 Å². The molecule has 0 saturated carbocycles. The minimum atomic E-state index is -1.05. The molecule has 0 aliphatic heterocycles. The van der Waals surface area contributed by atoms with E-state index in [4.69, 9.17) is 4.74 Å². The highest BCUT2D eigenvalue weighted by Crippen LogP contribution is 2.40. The van der Waals surface area contributed by atoms with Crippen molar-refractivity contribution in [1.82, 2.24) is 4.98 Å². The van der Waals surface area contributed by atoms with E-state index in [0.717, 1.165) is 22.2 Å². The van der Waals surface area contributed by atoms with Crippen LogP contribution >= 0.6 is 0 Å². The SMILES string of the molecule is CCCOC(=O)C(=O)/C(C(=O)c1ccccc1)=C(/c1ccccc1)c1c(-c2ccccc2)[nH]c2ccccc12. The van der Waals surface area contributed by atoms with Crippen LogP contribution < -0.4 is 0 Å². The first-order chi connectivity index (χ1) is 19.1. The highest BCUT2D eigenvalue weighted by atomic mass is 16.5. The van der Waals surface area contributed by atoms with Crippen molar-refractivity contribution in [3.05, 3.63) is 138 Å². The number of esters is 1. The van der Waals surface area contributed by atoms with Gasteiger partial charge in [-0.1, -0.05) is 116 Å². The molecule has 0 fully saturated rings. The van der Waals surface area contributed by atoms with Gasteiger partial charge in [0, 0.05) is 27.6 Å². The third kappa shape index (κ3) is 5.20. The van der Waals surface area contributed by atoms with E-state index in [1.807, 2.05) is 91.9 Å². The van der Waals surface area contributed by atoms with Gasteiger partial charge in [0.15, 0.2) is 5.78 Å². The molecule has 0 aliphatic rings. The highest BCUT2D eigenvalue weighted by Gasteiger charge is 2.33. The minimum absolute atomic E-state index is 0.0837. The summed E-state index contributed by atoms with van der Waals surface area (Å²) in [5.74, 6) is -2.57. The number of fused-ring (bicyclic) bond motifs is 1. The quantitative estimate of drug-likeness (QED) is 0.0573. The number of ketones is 2. The lowest BCUT2D eigenvalue weighted by Crippen LogP contribution is -2.26. The van der Waals surface area contributed by atoms with Gasteiger partial charge in [0.2, 0.25) is 0 Å². The summed E-state index contributed by atoms with van der Waals surface area (Å²) in [7, 11) is 0. The van der Waals surface area contributed by atoms with Crippen LogP contribution in [-0.4, -0.2) is 29.1 Å². The Balaban J connectivity index is 1.91. The maximum atomic E-state index is 14.2. The van der Waals surface area contributed by atoms with E-state index >= 15 is 0 Å². The Kier molecular flexibility index (Phi) is 7.60. The van der Waals surface area contributed by atoms with Crippen LogP contribution in [0.15, 0.2) is 121 Å². The van der Waals surface area contributed by atoms with E-state index in [2.05, 4.69) is 4.98 Å². The molecule has 39 heavy (non-hydrogen) atoms. The Morgan fingerprint density at radius 1 is 0.692 bits per heavy atom. The first kappa shape index (κ1) is 25.6. The number of benzene rings is 4. The number of nitrogens with one attached hydrogen (secondary N) is 1. The molecule has 0 atom stereocenters. The van der Waals surface area contributed by atoms with Crippen molar-refractivity contribution in [2.45, 2.75) is 13.3 Å². The number of aromatic amines is 1. The number of aromatic nitrogens is 1. The molecule has 5 aromatic rings. The van der Waals surface area contributed by atoms with Gasteiger partial charge in [-0.15, -0.1) is 0 Å². The van der Waals surface area contributed by atoms with Gasteiger partial charge in [-0.05, 0) is 23.6 Å². The Hall–Kier alpha value is -5.03. The summed E-state index contributed by atoms with van der Waals surface area (Å²) >= 11 is 0. The molecule has 192 valence electrons. The molecule has 1 aromatic heterocycles. The van der Waals surface area contributed by atoms with Gasteiger partial charge in [0.1, 0.15) is 0 Å². The molecule has 1 N–H and O–H groups in total. The molecule has 5 nitrogen and oxygen atoms in total. The zero-order chi connectivity index (χ0) is 27.2. The van der Waals surface area contributed by atoms with E-state index in [1.165, 1.54) is 0 Å². The predicted molar refractivity (Wildman–Crippen MR) is 153 cm³/mol. The minimum Gasteiger partial charge on any atom is -0.460 e. The van der Waals surface area contributed by atoms with Crippen molar-refractivity contribution in [2.75, 3.05) is 6.61 Å². The van der Waals surface area contributed by atoms with Crippen molar-refractivity contribution >= 4 is 34.0 Å². The van der Waals surface area contributed by atoms with E-state index in [1.54, 1.807) is 30.3 Å². The predicted octanol–water partition coefficient (Wildman–Crippen LogP) is 7.04. The molecular formula is C34H27NO4. The van der Waals surface area contributed by atoms with Gasteiger partial charge in [-0.25, -0.2) is 4.79 Å². The maximum Gasteiger partial charge on any atom is 0.379 e. The standard InChI is InChI=1S/C34H27NO4/c1-2-22-39-34(38)33(37)30(32(36)25-18-10-5-11-19-25)28(23-14-6-3-7-15-23)29-26-20-12-13-21-27(26)35-31(29)24-16-8-4-9-17-24/h3-21,35H,2,22H2,1H3/b30-28-. The molecular weight excluding hydrogens is 486 g/mol. The van der Waals surface area contributed by atoms with Gasteiger partial charge in [0.05, 0.1) is 17.9 Å². The van der Waals surface area contributed by atoms with Crippen LogP contribution in [0, 0.1) is 0 Å². The normalized spacial score (nSPS) is 11.6. The molecule has 0 aliphatic carbocycles. The number of carbonyl (C=O) groups is 3. The lowest BCUT2D eigenvalue weighted by atomic mass is 9.85. The Morgan fingerprint density at radius 2 is 1.26 bits per heavy atom. The smallest absolute Gasteiger partial charge is 0.379 e. The molecule has 0 saturated heterocycles. The fourth-order valence-electron chi connectivity index (χ4n) is 4.67. The monoisotopic (exact) mass is 513 g/mol. The van der Waals surface area contributed by atoms with Crippen molar-refractivity contribution in [3.8, 4) is 11.3 Å². The summed E-state index contributed by atoms with van der Waals surface area (Å²) in [6.07, 6.45) is 0.552. The van der Waals surface area contributed by atoms with Crippen LogP contribution in [-0.2, 0) is 14.3 Å². The number of hydrogen-bond acceptors (Lipinski definition) is 4. The first-order valence-electron chi connectivity index (χ1n) is 12.9. The molecule has 0 bridgehead atoms. The van der Waals surface area contributed by atoms with E-state index in [-0.39, 0.29) is 12.2 Å². The van der Waals surface area contributed by atoms with Crippen LogP contribution in [0.2, 0.25) is 0 Å². The Morgan fingerprint density at radius 3 is 1.90 bits per heavy atom. The van der Waals surface area contributed by atoms with Crippen LogP contribution in [0.1, 0.15) is 34.8 Å². The highest BCUT2D eigenvalue weighted by molar-refractivity contribution is 6.51. The van der Waals surface area contributed by atoms with Gasteiger partial charge >= 0.3 is 5.97 Å². The Bertz CT molecular complexity index is 1670. The molecule has 1 heterocycles. The lowest BCUT2D eigenvalue weighted by Gasteiger charge is -2.17. The summed E-state index contributed by atoms with van der Waals surface area (Å²) in [6.45, 7) is 1.93. The lowest BCUT2D eigenvalue weighted by molar-refractivity contribution is -0.152. The molecule has 0 amide bonds. The summed E-state index contributed by atoms with van der Waals surface area (Å²) in [5.41, 5.74) is 4.21. The van der Waals surface area contributed by atoms with Gasteiger partial charge in [-0.3, -0.25) is 9.59 Å². The van der Waals surface area contributed by atoms with Crippen molar-refractivity contribution in [2.24, 2.45) is 0 Å². The number of H-pyrrole nitrogens is 1. The molecule has 4 aromatic carbocycles. The molecule has 0 radical (unpaired) electrons. The third-order valence-electron chi connectivity index (χ3n) is 6.44. The fraction of sp³-hybridized carbons (Fsp3) is 0.0882. The zero-order valence-electron chi connectivity index (χ0n) is 21.5. The van der Waals surface area contributed by atoms with Crippen molar-refractivity contribution < 1.29 is 19.1 Å². The number of para-hydroxylation sites is 1. The van der Waals surface area contributed by atoms with Gasteiger partial charge in [0.25, 0.3) is 5.78 Å². The fourth-order valence-corrected chi connectivity index (χ4v) is 4.67. The molecule has 5 heteroatoms. The number of rotatable bonds is 9. The van der Waals surface area contributed by atoms with Crippen LogP contribution in [0.3, 0.4) is 0 Å². The first-order valence-corrected chi connectivity index (χ1v) is 12.9. The van der Waals surface area contributed by atoms with Crippen molar-refractivity contribution in [1.29, 1.82) is 0 Å². The van der Waals surface area contributed by atoms with E-state index < -0.39 is 17.5 Å². The number of ether oxygens (including phenoxy) is 1. The van der Waals surface area contributed by atoms with E-state index in [0.29, 0.717) is 28.7 Å². The Labute approximate surface area is 226 Å².